The highest BCUT2D eigenvalue weighted by atomic mass is 35.5. The van der Waals surface area contributed by atoms with Gasteiger partial charge in [0.1, 0.15) is 5.82 Å². The molecular formula is C19H26ClF3N4O4. The van der Waals surface area contributed by atoms with Crippen molar-refractivity contribution in [3.05, 3.63) is 35.1 Å². The number of nitrogens with zero attached hydrogens (tertiary/aromatic N) is 3. The van der Waals surface area contributed by atoms with Crippen LogP contribution < -0.4 is 5.73 Å². The second kappa shape index (κ2) is 11.9. The number of hydrazine groups is 1. The van der Waals surface area contributed by atoms with E-state index in [4.69, 9.17) is 5.73 Å². The molecule has 2 amide bonds. The maximum Gasteiger partial charge on any atom is 0.319 e. The van der Waals surface area contributed by atoms with Crippen LogP contribution in [0, 0.1) is 17.5 Å². The maximum absolute atomic E-state index is 13.8. The molecule has 8 nitrogen and oxygen atoms in total. The van der Waals surface area contributed by atoms with E-state index in [2.05, 4.69) is 4.74 Å². The summed E-state index contributed by atoms with van der Waals surface area (Å²) in [5.41, 5.74) is 5.80. The van der Waals surface area contributed by atoms with Crippen LogP contribution in [0.2, 0.25) is 0 Å². The lowest BCUT2D eigenvalue weighted by Crippen LogP contribution is -2.50. The molecule has 174 valence electrons. The molecular weight excluding hydrogens is 441 g/mol. The van der Waals surface area contributed by atoms with Gasteiger partial charge in [-0.2, -0.15) is 0 Å². The normalized spacial score (nSPS) is 15.7. The molecule has 0 saturated carbocycles. The number of hydrogen-bond acceptors (Lipinski definition) is 6. The van der Waals surface area contributed by atoms with Gasteiger partial charge in [-0.3, -0.25) is 29.3 Å². The zero-order chi connectivity index (χ0) is 22.4. The summed E-state index contributed by atoms with van der Waals surface area (Å²) >= 11 is 0. The van der Waals surface area contributed by atoms with E-state index in [0.717, 1.165) is 0 Å². The Hall–Kier alpha value is -2.37. The van der Waals surface area contributed by atoms with E-state index in [1.807, 2.05) is 0 Å². The Morgan fingerprint density at radius 1 is 1.03 bits per heavy atom. The first kappa shape index (κ1) is 26.7. The van der Waals surface area contributed by atoms with E-state index >= 15 is 0 Å². The van der Waals surface area contributed by atoms with Gasteiger partial charge in [0.05, 0.1) is 26.7 Å². The molecule has 2 N–H and O–H groups in total. The summed E-state index contributed by atoms with van der Waals surface area (Å²) in [6.45, 7) is 2.36. The number of halogens is 4. The number of ether oxygens (including phenoxy) is 1. The Labute approximate surface area is 184 Å². The summed E-state index contributed by atoms with van der Waals surface area (Å²) in [6.07, 6.45) is -0.420. The van der Waals surface area contributed by atoms with Crippen molar-refractivity contribution in [2.45, 2.75) is 25.8 Å². The predicted molar refractivity (Wildman–Crippen MR) is 107 cm³/mol. The van der Waals surface area contributed by atoms with Crippen molar-refractivity contribution < 1.29 is 32.3 Å². The van der Waals surface area contributed by atoms with Gasteiger partial charge in [-0.05, 0) is 18.1 Å². The van der Waals surface area contributed by atoms with Crippen LogP contribution in [0.3, 0.4) is 0 Å². The number of carbonyl (C=O) groups is 3. The van der Waals surface area contributed by atoms with Crippen LogP contribution in [0.1, 0.15) is 18.9 Å². The molecule has 0 aromatic heterocycles. The minimum absolute atomic E-state index is 0. The van der Waals surface area contributed by atoms with Gasteiger partial charge in [-0.1, -0.05) is 0 Å². The summed E-state index contributed by atoms with van der Waals surface area (Å²) in [4.78, 5) is 38.0. The molecule has 0 bridgehead atoms. The van der Waals surface area contributed by atoms with Gasteiger partial charge in [0, 0.05) is 38.5 Å². The third-order valence-corrected chi connectivity index (χ3v) is 4.79. The lowest BCUT2D eigenvalue weighted by Gasteiger charge is -2.32. The first-order valence-electron chi connectivity index (χ1n) is 9.39. The third-order valence-electron chi connectivity index (χ3n) is 4.79. The van der Waals surface area contributed by atoms with Crippen LogP contribution in [0.4, 0.5) is 13.2 Å². The van der Waals surface area contributed by atoms with Crippen molar-refractivity contribution in [3.63, 3.8) is 0 Å². The third kappa shape index (κ3) is 7.37. The van der Waals surface area contributed by atoms with E-state index in [0.29, 0.717) is 25.2 Å². The second-order valence-corrected chi connectivity index (χ2v) is 7.04. The number of hydrogen-bond donors (Lipinski definition) is 1. The Morgan fingerprint density at radius 2 is 1.61 bits per heavy atom. The van der Waals surface area contributed by atoms with Gasteiger partial charge >= 0.3 is 5.97 Å². The zero-order valence-corrected chi connectivity index (χ0v) is 18.1. The van der Waals surface area contributed by atoms with E-state index in [1.165, 1.54) is 24.1 Å². The standard InChI is InChI=1S/C19H25F3N4O4.ClH/c1-12(27)25-5-3-24(11-19(29)30-2)4-6-26(25)18(28)9-14(23)7-13-8-16(21)17(22)10-15(13)20;/h8,10,14H,3-7,9,11,23H2,1-2H3;1H/t14-;/m1./s1. The molecule has 31 heavy (non-hydrogen) atoms. The van der Waals surface area contributed by atoms with Gasteiger partial charge in [-0.25, -0.2) is 13.2 Å². The molecule has 1 saturated heterocycles. The van der Waals surface area contributed by atoms with Crippen molar-refractivity contribution in [2.75, 3.05) is 39.8 Å². The summed E-state index contributed by atoms with van der Waals surface area (Å²) in [5, 5.41) is 2.52. The molecule has 0 radical (unpaired) electrons. The fourth-order valence-electron chi connectivity index (χ4n) is 3.22. The molecule has 0 aliphatic carbocycles. The van der Waals surface area contributed by atoms with Crippen molar-refractivity contribution >= 4 is 30.2 Å². The van der Waals surface area contributed by atoms with Gasteiger partial charge < -0.3 is 10.5 Å². The van der Waals surface area contributed by atoms with Crippen LogP contribution in [0.15, 0.2) is 12.1 Å². The molecule has 1 atom stereocenters. The quantitative estimate of drug-likeness (QED) is 0.493. The number of amides is 2. The zero-order valence-electron chi connectivity index (χ0n) is 17.3. The number of benzene rings is 1. The number of rotatable bonds is 6. The first-order chi connectivity index (χ1) is 14.1. The number of carbonyl (C=O) groups excluding carboxylic acids is 3. The SMILES string of the molecule is COC(=O)CN1CCN(C(C)=O)N(C(=O)C[C@H](N)Cc2cc(F)c(F)cc2F)CC1.Cl. The Bertz CT molecular complexity index is 815. The number of nitrogens with two attached hydrogens (primary N) is 1. The molecule has 1 heterocycles. The van der Waals surface area contributed by atoms with Gasteiger partial charge in [-0.15, -0.1) is 12.4 Å². The summed E-state index contributed by atoms with van der Waals surface area (Å²) in [5.74, 6) is -4.72. The summed E-state index contributed by atoms with van der Waals surface area (Å²) in [7, 11) is 1.27. The van der Waals surface area contributed by atoms with Crippen LogP contribution in [0.5, 0.6) is 0 Å². The highest BCUT2D eigenvalue weighted by Crippen LogP contribution is 2.17. The smallest absolute Gasteiger partial charge is 0.319 e. The Kier molecular flexibility index (Phi) is 10.2. The minimum Gasteiger partial charge on any atom is -0.468 e. The van der Waals surface area contributed by atoms with Crippen LogP contribution in [-0.2, 0) is 25.5 Å². The molecule has 1 aromatic rings. The fourth-order valence-corrected chi connectivity index (χ4v) is 3.22. The first-order valence-corrected chi connectivity index (χ1v) is 9.39. The summed E-state index contributed by atoms with van der Waals surface area (Å²) in [6, 6.07) is 0.273. The molecule has 12 heteroatoms. The molecule has 1 aliphatic heterocycles. The van der Waals surface area contributed by atoms with Crippen LogP contribution in [0.25, 0.3) is 0 Å². The fraction of sp³-hybridized carbons (Fsp3) is 0.526. The monoisotopic (exact) mass is 466 g/mol. The molecule has 0 spiro atoms. The van der Waals surface area contributed by atoms with Crippen molar-refractivity contribution in [1.82, 2.24) is 14.9 Å². The van der Waals surface area contributed by atoms with E-state index < -0.39 is 35.4 Å². The lowest BCUT2D eigenvalue weighted by atomic mass is 10.0. The summed E-state index contributed by atoms with van der Waals surface area (Å²) < 4.78 is 44.9. The Balaban J connectivity index is 0.00000480. The van der Waals surface area contributed by atoms with Crippen molar-refractivity contribution in [2.24, 2.45) is 5.73 Å². The molecule has 2 rings (SSSR count). The highest BCUT2D eigenvalue weighted by Gasteiger charge is 2.29. The predicted octanol–water partition coefficient (Wildman–Crippen LogP) is 0.866. The molecule has 1 fully saturated rings. The maximum atomic E-state index is 13.8. The van der Waals surface area contributed by atoms with Crippen molar-refractivity contribution in [3.8, 4) is 0 Å². The minimum atomic E-state index is -1.31. The molecule has 1 aliphatic rings. The second-order valence-electron chi connectivity index (χ2n) is 7.04. The Morgan fingerprint density at radius 3 is 2.19 bits per heavy atom. The van der Waals surface area contributed by atoms with Gasteiger partial charge in [0.25, 0.3) is 0 Å². The van der Waals surface area contributed by atoms with E-state index in [-0.39, 0.29) is 56.4 Å². The van der Waals surface area contributed by atoms with Gasteiger partial charge in [0.2, 0.25) is 11.8 Å². The topological polar surface area (TPSA) is 96.2 Å². The van der Waals surface area contributed by atoms with Crippen LogP contribution >= 0.6 is 12.4 Å². The highest BCUT2D eigenvalue weighted by molar-refractivity contribution is 5.85. The van der Waals surface area contributed by atoms with E-state index in [9.17, 15) is 27.6 Å². The molecule has 0 unspecified atom stereocenters. The molecule has 1 aromatic carbocycles. The van der Waals surface area contributed by atoms with Gasteiger partial charge in [0.15, 0.2) is 11.6 Å². The number of methoxy groups -OCH3 is 1. The van der Waals surface area contributed by atoms with Crippen LogP contribution in [-0.4, -0.2) is 78.6 Å². The number of esters is 1. The van der Waals surface area contributed by atoms with Crippen molar-refractivity contribution in [1.29, 1.82) is 0 Å². The largest absolute Gasteiger partial charge is 0.468 e. The average molecular weight is 467 g/mol. The van der Waals surface area contributed by atoms with E-state index in [1.54, 1.807) is 4.90 Å². The lowest BCUT2D eigenvalue weighted by molar-refractivity contribution is -0.161. The average Bonchev–Trinajstić information content (AvgIpc) is 2.88.